The predicted molar refractivity (Wildman–Crippen MR) is 107 cm³/mol. The Bertz CT molecular complexity index is 671. The molecular formula is C19H30BrNO4S. The summed E-state index contributed by atoms with van der Waals surface area (Å²) in [7, 11) is -3.81. The van der Waals surface area contributed by atoms with Gasteiger partial charge in [0.1, 0.15) is 6.04 Å². The van der Waals surface area contributed by atoms with Crippen LogP contribution in [-0.4, -0.2) is 37.9 Å². The number of carbonyl (C=O) groups excluding carboxylic acids is 1. The molecule has 0 aliphatic rings. The van der Waals surface area contributed by atoms with E-state index in [1.54, 1.807) is 31.2 Å². The Morgan fingerprint density at radius 1 is 1.12 bits per heavy atom. The van der Waals surface area contributed by atoms with Crippen LogP contribution in [0.1, 0.15) is 47.5 Å². The highest BCUT2D eigenvalue weighted by molar-refractivity contribution is 9.10. The average Bonchev–Trinajstić information content (AvgIpc) is 2.53. The molecule has 0 aliphatic heterocycles. The van der Waals surface area contributed by atoms with Gasteiger partial charge in [-0.3, -0.25) is 4.79 Å². The molecule has 0 aliphatic carbocycles. The summed E-state index contributed by atoms with van der Waals surface area (Å²) < 4.78 is 33.9. The summed E-state index contributed by atoms with van der Waals surface area (Å²) in [6.07, 6.45) is 1.09. The van der Waals surface area contributed by atoms with Crippen molar-refractivity contribution in [3.8, 4) is 0 Å². The molecule has 26 heavy (non-hydrogen) atoms. The summed E-state index contributed by atoms with van der Waals surface area (Å²) in [6, 6.07) is 5.67. The number of hydrogen-bond acceptors (Lipinski definition) is 4. The summed E-state index contributed by atoms with van der Waals surface area (Å²) in [5.74, 6) is -0.00349. The van der Waals surface area contributed by atoms with Crippen LogP contribution in [0.25, 0.3) is 0 Å². The number of sulfonamides is 1. The molecule has 0 N–H and O–H groups in total. The Morgan fingerprint density at radius 3 is 2.15 bits per heavy atom. The first-order valence-corrected chi connectivity index (χ1v) is 11.3. The summed E-state index contributed by atoms with van der Waals surface area (Å²) in [6.45, 7) is 10.2. The molecule has 1 aromatic rings. The molecule has 5 nitrogen and oxygen atoms in total. The lowest BCUT2D eigenvalue weighted by atomic mass is 10.0. The minimum Gasteiger partial charge on any atom is -0.465 e. The van der Waals surface area contributed by atoms with Crippen molar-refractivity contribution in [3.63, 3.8) is 0 Å². The lowest BCUT2D eigenvalue weighted by Crippen LogP contribution is -2.47. The van der Waals surface area contributed by atoms with Gasteiger partial charge >= 0.3 is 5.97 Å². The number of rotatable bonds is 10. The first-order chi connectivity index (χ1) is 12.1. The van der Waals surface area contributed by atoms with Gasteiger partial charge in [0.2, 0.25) is 10.0 Å². The summed E-state index contributed by atoms with van der Waals surface area (Å²) in [4.78, 5) is 12.7. The largest absolute Gasteiger partial charge is 0.465 e. The van der Waals surface area contributed by atoms with Crippen LogP contribution in [0.3, 0.4) is 0 Å². The molecule has 0 aromatic heterocycles. The van der Waals surface area contributed by atoms with Crippen molar-refractivity contribution in [2.45, 2.75) is 58.4 Å². The van der Waals surface area contributed by atoms with Gasteiger partial charge < -0.3 is 4.74 Å². The molecule has 148 valence electrons. The predicted octanol–water partition coefficient (Wildman–Crippen LogP) is 4.46. The highest BCUT2D eigenvalue weighted by Crippen LogP contribution is 2.25. The number of carbonyl (C=O) groups is 1. The second kappa shape index (κ2) is 10.4. The molecule has 0 unspecified atom stereocenters. The van der Waals surface area contributed by atoms with Crippen molar-refractivity contribution < 1.29 is 17.9 Å². The molecule has 0 bridgehead atoms. The van der Waals surface area contributed by atoms with Crippen molar-refractivity contribution in [1.29, 1.82) is 0 Å². The Hall–Kier alpha value is -0.920. The van der Waals surface area contributed by atoms with Crippen LogP contribution < -0.4 is 0 Å². The topological polar surface area (TPSA) is 63.7 Å². The van der Waals surface area contributed by atoms with Gasteiger partial charge in [-0.2, -0.15) is 4.31 Å². The van der Waals surface area contributed by atoms with Crippen LogP contribution >= 0.6 is 15.9 Å². The summed E-state index contributed by atoms with van der Waals surface area (Å²) in [5, 5.41) is 0. The zero-order chi connectivity index (χ0) is 19.9. The Labute approximate surface area is 166 Å². The first kappa shape index (κ1) is 23.1. The van der Waals surface area contributed by atoms with Crippen LogP contribution in [-0.2, 0) is 19.6 Å². The normalized spacial score (nSPS) is 13.4. The van der Waals surface area contributed by atoms with E-state index in [0.717, 1.165) is 4.47 Å². The van der Waals surface area contributed by atoms with E-state index in [1.165, 1.54) is 4.31 Å². The summed E-state index contributed by atoms with van der Waals surface area (Å²) in [5.41, 5.74) is 0. The highest BCUT2D eigenvalue weighted by atomic mass is 79.9. The number of nitrogens with zero attached hydrogens (tertiary/aromatic N) is 1. The molecular weight excluding hydrogens is 418 g/mol. The molecule has 0 saturated heterocycles. The van der Waals surface area contributed by atoms with Crippen molar-refractivity contribution >= 4 is 31.9 Å². The second-order valence-corrected chi connectivity index (χ2v) is 9.96. The lowest BCUT2D eigenvalue weighted by Gasteiger charge is -2.31. The van der Waals surface area contributed by atoms with E-state index in [2.05, 4.69) is 15.9 Å². The van der Waals surface area contributed by atoms with Gasteiger partial charge in [-0.05, 0) is 55.9 Å². The molecule has 0 spiro atoms. The van der Waals surface area contributed by atoms with Gasteiger partial charge in [-0.15, -0.1) is 0 Å². The zero-order valence-corrected chi connectivity index (χ0v) is 18.6. The van der Waals surface area contributed by atoms with E-state index >= 15 is 0 Å². The Kier molecular flexibility index (Phi) is 9.27. The Balaban J connectivity index is 3.33. The van der Waals surface area contributed by atoms with Gasteiger partial charge in [-0.25, -0.2) is 8.42 Å². The van der Waals surface area contributed by atoms with E-state index in [-0.39, 0.29) is 24.0 Å². The third-order valence-electron chi connectivity index (χ3n) is 3.95. The maximum atomic E-state index is 13.3. The standard InChI is InChI=1S/C19H30BrNO4S/c1-6-25-19(22)18(13-15(4)5)21(12-11-14(2)3)26(23,24)17-9-7-16(20)8-10-17/h7-10,14-15,18H,6,11-13H2,1-5H3/t18-/m0/s1. The van der Waals surface area contributed by atoms with Gasteiger partial charge in [0.05, 0.1) is 11.5 Å². The van der Waals surface area contributed by atoms with E-state index in [9.17, 15) is 13.2 Å². The Morgan fingerprint density at radius 2 is 1.69 bits per heavy atom. The fourth-order valence-electron chi connectivity index (χ4n) is 2.59. The number of benzene rings is 1. The van der Waals surface area contributed by atoms with E-state index in [1.807, 2.05) is 27.7 Å². The molecule has 0 fully saturated rings. The fourth-order valence-corrected chi connectivity index (χ4v) is 4.46. The highest BCUT2D eigenvalue weighted by Gasteiger charge is 2.37. The lowest BCUT2D eigenvalue weighted by molar-refractivity contribution is -0.148. The zero-order valence-electron chi connectivity index (χ0n) is 16.2. The van der Waals surface area contributed by atoms with Gasteiger partial charge in [0, 0.05) is 11.0 Å². The summed E-state index contributed by atoms with van der Waals surface area (Å²) >= 11 is 3.32. The van der Waals surface area contributed by atoms with Gasteiger partial charge in [-0.1, -0.05) is 43.6 Å². The van der Waals surface area contributed by atoms with Crippen molar-refractivity contribution in [1.82, 2.24) is 4.31 Å². The maximum Gasteiger partial charge on any atom is 0.324 e. The third kappa shape index (κ3) is 6.67. The monoisotopic (exact) mass is 447 g/mol. The van der Waals surface area contributed by atoms with Crippen molar-refractivity contribution in [2.75, 3.05) is 13.2 Å². The van der Waals surface area contributed by atoms with Crippen LogP contribution in [0, 0.1) is 11.8 Å². The van der Waals surface area contributed by atoms with Gasteiger partial charge in [0.25, 0.3) is 0 Å². The minimum atomic E-state index is -3.81. The van der Waals surface area contributed by atoms with E-state index in [4.69, 9.17) is 4.74 Å². The molecule has 0 heterocycles. The number of esters is 1. The maximum absolute atomic E-state index is 13.3. The van der Waals surface area contributed by atoms with Crippen LogP contribution in [0.15, 0.2) is 33.6 Å². The average molecular weight is 448 g/mol. The number of halogens is 1. The minimum absolute atomic E-state index is 0.158. The second-order valence-electron chi connectivity index (χ2n) is 7.15. The number of ether oxygens (including phenoxy) is 1. The third-order valence-corrected chi connectivity index (χ3v) is 6.40. The van der Waals surface area contributed by atoms with Crippen molar-refractivity contribution in [2.24, 2.45) is 11.8 Å². The molecule has 1 rings (SSSR count). The molecule has 1 aromatic carbocycles. The van der Waals surface area contributed by atoms with Crippen molar-refractivity contribution in [3.05, 3.63) is 28.7 Å². The number of hydrogen-bond donors (Lipinski definition) is 0. The SMILES string of the molecule is CCOC(=O)[C@H](CC(C)C)N(CCC(C)C)S(=O)(=O)c1ccc(Br)cc1. The van der Waals surface area contributed by atoms with E-state index < -0.39 is 22.0 Å². The smallest absolute Gasteiger partial charge is 0.324 e. The molecule has 0 radical (unpaired) electrons. The molecule has 0 amide bonds. The molecule has 1 atom stereocenters. The van der Waals surface area contributed by atoms with Crippen LogP contribution in [0.4, 0.5) is 0 Å². The van der Waals surface area contributed by atoms with Crippen LogP contribution in [0.5, 0.6) is 0 Å². The quantitative estimate of drug-likeness (QED) is 0.496. The first-order valence-electron chi connectivity index (χ1n) is 9.03. The van der Waals surface area contributed by atoms with Gasteiger partial charge in [0.15, 0.2) is 0 Å². The molecule has 0 saturated carbocycles. The molecule has 7 heteroatoms. The van der Waals surface area contributed by atoms with Crippen LogP contribution in [0.2, 0.25) is 0 Å². The van der Waals surface area contributed by atoms with E-state index in [0.29, 0.717) is 18.8 Å². The fraction of sp³-hybridized carbons (Fsp3) is 0.632.